The molecule has 2 aromatic heterocycles. The zero-order valence-electron chi connectivity index (χ0n) is 9.32. The smallest absolute Gasteiger partial charge is 0.261 e. The van der Waals surface area contributed by atoms with Crippen molar-refractivity contribution in [1.82, 2.24) is 9.97 Å². The molecule has 0 bridgehead atoms. The van der Waals surface area contributed by atoms with Crippen LogP contribution in [0.2, 0.25) is 5.15 Å². The van der Waals surface area contributed by atoms with Crippen molar-refractivity contribution >= 4 is 23.5 Å². The lowest BCUT2D eigenvalue weighted by Gasteiger charge is -2.02. The molecular weight excluding hydrogens is 242 g/mol. The molecule has 0 unspecified atom stereocenters. The van der Waals surface area contributed by atoms with E-state index in [-0.39, 0.29) is 17.0 Å². The van der Waals surface area contributed by atoms with E-state index in [2.05, 4.69) is 15.3 Å². The molecule has 0 radical (unpaired) electrons. The summed E-state index contributed by atoms with van der Waals surface area (Å²) in [7, 11) is 0. The number of nitrogens with one attached hydrogen (secondary N) is 1. The van der Waals surface area contributed by atoms with Gasteiger partial charge in [0.2, 0.25) is 5.95 Å². The van der Waals surface area contributed by atoms with Gasteiger partial charge in [-0.3, -0.25) is 10.1 Å². The van der Waals surface area contributed by atoms with Gasteiger partial charge < -0.3 is 4.42 Å². The number of anilines is 1. The van der Waals surface area contributed by atoms with Gasteiger partial charge in [-0.1, -0.05) is 11.6 Å². The van der Waals surface area contributed by atoms with Crippen molar-refractivity contribution < 1.29 is 9.21 Å². The number of nitrogens with zero attached hydrogens (tertiary/aromatic N) is 2. The highest BCUT2D eigenvalue weighted by Gasteiger charge is 2.11. The summed E-state index contributed by atoms with van der Waals surface area (Å²) in [5.41, 5.74) is 1.10. The Labute approximate surface area is 103 Å². The maximum atomic E-state index is 11.8. The van der Waals surface area contributed by atoms with E-state index in [0.717, 1.165) is 0 Å². The van der Waals surface area contributed by atoms with Crippen molar-refractivity contribution in [2.75, 3.05) is 5.32 Å². The molecule has 1 N–H and O–H groups in total. The van der Waals surface area contributed by atoms with Crippen molar-refractivity contribution in [2.45, 2.75) is 13.8 Å². The monoisotopic (exact) mass is 251 g/mol. The summed E-state index contributed by atoms with van der Waals surface area (Å²) in [6.45, 7) is 3.53. The molecule has 2 rings (SSSR count). The van der Waals surface area contributed by atoms with Gasteiger partial charge in [-0.15, -0.1) is 0 Å². The van der Waals surface area contributed by atoms with Crippen LogP contribution in [0.4, 0.5) is 5.95 Å². The first kappa shape index (κ1) is 11.6. The maximum absolute atomic E-state index is 11.8. The van der Waals surface area contributed by atoms with Crippen molar-refractivity contribution in [2.24, 2.45) is 0 Å². The number of hydrogen-bond acceptors (Lipinski definition) is 4. The number of aryl methyl sites for hydroxylation is 2. The summed E-state index contributed by atoms with van der Waals surface area (Å²) in [4.78, 5) is 19.7. The van der Waals surface area contributed by atoms with Crippen LogP contribution in [0.3, 0.4) is 0 Å². The van der Waals surface area contributed by atoms with E-state index in [1.54, 1.807) is 26.0 Å². The quantitative estimate of drug-likeness (QED) is 0.833. The van der Waals surface area contributed by atoms with Crippen LogP contribution < -0.4 is 5.32 Å². The molecule has 2 heterocycles. The molecule has 2 aromatic rings. The Kier molecular flexibility index (Phi) is 3.10. The fourth-order valence-corrected chi connectivity index (χ4v) is 1.56. The fraction of sp³-hybridized carbons (Fsp3) is 0.182. The Morgan fingerprint density at radius 3 is 2.71 bits per heavy atom. The van der Waals surface area contributed by atoms with Crippen molar-refractivity contribution in [3.05, 3.63) is 40.6 Å². The second-order valence-electron chi connectivity index (χ2n) is 3.56. The second-order valence-corrected chi connectivity index (χ2v) is 3.94. The Morgan fingerprint density at radius 1 is 1.35 bits per heavy atom. The van der Waals surface area contributed by atoms with Gasteiger partial charge in [0.15, 0.2) is 0 Å². The number of furan rings is 1. The minimum Gasteiger partial charge on any atom is -0.469 e. The Hall–Kier alpha value is -1.88. The molecule has 0 saturated heterocycles. The highest BCUT2D eigenvalue weighted by atomic mass is 35.5. The van der Waals surface area contributed by atoms with E-state index < -0.39 is 0 Å². The largest absolute Gasteiger partial charge is 0.469 e. The van der Waals surface area contributed by atoms with Crippen molar-refractivity contribution in [3.8, 4) is 0 Å². The van der Waals surface area contributed by atoms with E-state index in [0.29, 0.717) is 17.0 Å². The summed E-state index contributed by atoms with van der Waals surface area (Å²) >= 11 is 5.76. The normalized spacial score (nSPS) is 10.3. The van der Waals surface area contributed by atoms with Crippen LogP contribution in [0, 0.1) is 13.8 Å². The number of hydrogen-bond donors (Lipinski definition) is 1. The Balaban J connectivity index is 2.18. The Morgan fingerprint density at radius 2 is 2.12 bits per heavy atom. The van der Waals surface area contributed by atoms with Gasteiger partial charge in [0.25, 0.3) is 5.91 Å². The first-order chi connectivity index (χ1) is 8.04. The van der Waals surface area contributed by atoms with Gasteiger partial charge in [-0.05, 0) is 26.0 Å². The van der Waals surface area contributed by atoms with Crippen LogP contribution >= 0.6 is 11.6 Å². The second kappa shape index (κ2) is 4.55. The minimum atomic E-state index is -0.330. The molecule has 0 spiro atoms. The summed E-state index contributed by atoms with van der Waals surface area (Å²) in [5, 5.41) is 2.84. The third kappa shape index (κ3) is 2.82. The summed E-state index contributed by atoms with van der Waals surface area (Å²) in [6.07, 6.45) is 1.38. The molecule has 0 aliphatic heterocycles. The summed E-state index contributed by atoms with van der Waals surface area (Å²) < 4.78 is 5.04. The number of aromatic nitrogens is 2. The molecule has 0 aliphatic carbocycles. The van der Waals surface area contributed by atoms with Crippen LogP contribution in [-0.4, -0.2) is 15.9 Å². The molecule has 1 amide bonds. The SMILES string of the molecule is Cc1cc(Cl)nc(NC(=O)c2coc(C)c2)n1. The van der Waals surface area contributed by atoms with E-state index in [1.165, 1.54) is 6.26 Å². The van der Waals surface area contributed by atoms with Crippen LogP contribution in [0.15, 0.2) is 22.8 Å². The van der Waals surface area contributed by atoms with Gasteiger partial charge in [-0.2, -0.15) is 0 Å². The molecule has 0 atom stereocenters. The van der Waals surface area contributed by atoms with E-state index in [1.807, 2.05) is 0 Å². The third-order valence-corrected chi connectivity index (χ3v) is 2.23. The highest BCUT2D eigenvalue weighted by molar-refractivity contribution is 6.29. The zero-order valence-corrected chi connectivity index (χ0v) is 10.1. The van der Waals surface area contributed by atoms with E-state index in [9.17, 15) is 4.79 Å². The van der Waals surface area contributed by atoms with Crippen LogP contribution in [0.5, 0.6) is 0 Å². The van der Waals surface area contributed by atoms with Crippen LogP contribution in [-0.2, 0) is 0 Å². The molecule has 0 aliphatic rings. The van der Waals surface area contributed by atoms with Gasteiger partial charge in [0.05, 0.1) is 5.56 Å². The van der Waals surface area contributed by atoms with E-state index >= 15 is 0 Å². The van der Waals surface area contributed by atoms with Crippen molar-refractivity contribution in [1.29, 1.82) is 0 Å². The third-order valence-electron chi connectivity index (χ3n) is 2.04. The number of amides is 1. The molecule has 17 heavy (non-hydrogen) atoms. The standard InChI is InChI=1S/C11H10ClN3O2/c1-6-3-9(12)14-11(13-6)15-10(16)8-4-7(2)17-5-8/h3-5H,1-2H3,(H,13,14,15,16). The fourth-order valence-electron chi connectivity index (χ4n) is 1.32. The number of rotatable bonds is 2. The number of halogens is 1. The van der Waals surface area contributed by atoms with E-state index in [4.69, 9.17) is 16.0 Å². The summed E-state index contributed by atoms with van der Waals surface area (Å²) in [6, 6.07) is 3.24. The summed E-state index contributed by atoms with van der Waals surface area (Å²) in [5.74, 6) is 0.515. The van der Waals surface area contributed by atoms with Gasteiger partial charge in [0, 0.05) is 5.69 Å². The maximum Gasteiger partial charge on any atom is 0.261 e. The highest BCUT2D eigenvalue weighted by Crippen LogP contribution is 2.12. The molecular formula is C11H10ClN3O2. The minimum absolute atomic E-state index is 0.179. The van der Waals surface area contributed by atoms with Crippen molar-refractivity contribution in [3.63, 3.8) is 0 Å². The first-order valence-corrected chi connectivity index (χ1v) is 5.30. The van der Waals surface area contributed by atoms with Crippen LogP contribution in [0.1, 0.15) is 21.8 Å². The molecule has 0 fully saturated rings. The first-order valence-electron chi connectivity index (χ1n) is 4.92. The van der Waals surface area contributed by atoms with Gasteiger partial charge in [0.1, 0.15) is 17.2 Å². The lowest BCUT2D eigenvalue weighted by molar-refractivity contribution is 0.102. The average molecular weight is 252 g/mol. The number of carbonyl (C=O) groups is 1. The average Bonchev–Trinajstić information content (AvgIpc) is 2.63. The lowest BCUT2D eigenvalue weighted by atomic mass is 10.3. The Bertz CT molecular complexity index is 545. The molecule has 5 nitrogen and oxygen atoms in total. The molecule has 0 aromatic carbocycles. The zero-order chi connectivity index (χ0) is 12.4. The predicted molar refractivity (Wildman–Crippen MR) is 63.2 cm³/mol. The molecule has 88 valence electrons. The van der Waals surface area contributed by atoms with Gasteiger partial charge in [-0.25, -0.2) is 9.97 Å². The number of carbonyl (C=O) groups excluding carboxylic acids is 1. The lowest BCUT2D eigenvalue weighted by Crippen LogP contribution is -2.13. The predicted octanol–water partition coefficient (Wildman–Crippen LogP) is 2.59. The van der Waals surface area contributed by atoms with Crippen LogP contribution in [0.25, 0.3) is 0 Å². The van der Waals surface area contributed by atoms with Gasteiger partial charge >= 0.3 is 0 Å². The molecule has 6 heteroatoms. The molecule has 0 saturated carbocycles. The topological polar surface area (TPSA) is 68.0 Å².